The van der Waals surface area contributed by atoms with E-state index in [4.69, 9.17) is 32.4 Å². The fourth-order valence-electron chi connectivity index (χ4n) is 3.89. The third-order valence-corrected chi connectivity index (χ3v) is 6.46. The van der Waals surface area contributed by atoms with E-state index < -0.39 is 23.1 Å². The van der Waals surface area contributed by atoms with Gasteiger partial charge in [0.25, 0.3) is 11.8 Å². The highest BCUT2D eigenvalue weighted by Gasteiger charge is 2.45. The maximum Gasteiger partial charge on any atom is 0.289 e. The summed E-state index contributed by atoms with van der Waals surface area (Å²) in [6, 6.07) is 7.86. The van der Waals surface area contributed by atoms with Crippen molar-refractivity contribution in [1.29, 1.82) is 0 Å². The summed E-state index contributed by atoms with van der Waals surface area (Å²) in [5, 5.41) is 5.72. The number of ether oxygens (including phenoxy) is 1. The minimum atomic E-state index is -0.633. The molecule has 1 aliphatic rings. The SMILES string of the molecule is CCC1(NC(=O)c2cnc(-c3ccc(Cl)c(F)c3)o2)CC(NC(=O)COc2ccc(Cl)c(F)c2)C1. The monoisotopic (exact) mass is 523 g/mol. The number of carbonyl (C=O) groups is 2. The maximum absolute atomic E-state index is 13.7. The zero-order valence-corrected chi connectivity index (χ0v) is 20.1. The number of nitrogens with one attached hydrogen (secondary N) is 2. The standard InChI is InChI=1S/C24H21Cl2F2N3O4/c1-2-24(9-14(10-24)30-21(32)12-34-15-4-6-17(26)19(28)8-15)31-22(33)20-11-29-23(35-20)13-3-5-16(25)18(27)7-13/h3-8,11,14H,2,9-10,12H2,1H3,(H,30,32)(H,31,33). The third-order valence-electron chi connectivity index (χ3n) is 5.85. The van der Waals surface area contributed by atoms with E-state index in [2.05, 4.69) is 15.6 Å². The van der Waals surface area contributed by atoms with Crippen LogP contribution in [-0.4, -0.2) is 35.0 Å². The number of halogens is 4. The van der Waals surface area contributed by atoms with Crippen LogP contribution in [0.25, 0.3) is 11.5 Å². The number of amides is 2. The van der Waals surface area contributed by atoms with Gasteiger partial charge < -0.3 is 19.8 Å². The molecule has 184 valence electrons. The molecular formula is C24H21Cl2F2N3O4. The fourth-order valence-corrected chi connectivity index (χ4v) is 4.13. The number of hydrogen-bond acceptors (Lipinski definition) is 5. The van der Waals surface area contributed by atoms with Gasteiger partial charge in [0.05, 0.1) is 16.2 Å². The van der Waals surface area contributed by atoms with Gasteiger partial charge in [-0.1, -0.05) is 30.1 Å². The van der Waals surface area contributed by atoms with Crippen molar-refractivity contribution in [2.75, 3.05) is 6.61 Å². The van der Waals surface area contributed by atoms with Gasteiger partial charge in [-0.25, -0.2) is 13.8 Å². The van der Waals surface area contributed by atoms with Gasteiger partial charge in [-0.2, -0.15) is 0 Å². The normalized spacial score (nSPS) is 19.1. The summed E-state index contributed by atoms with van der Waals surface area (Å²) in [6.07, 6.45) is 2.93. The van der Waals surface area contributed by atoms with Crippen LogP contribution in [0.3, 0.4) is 0 Å². The van der Waals surface area contributed by atoms with Crippen LogP contribution in [0.4, 0.5) is 8.78 Å². The molecule has 35 heavy (non-hydrogen) atoms. The Morgan fingerprint density at radius 2 is 1.83 bits per heavy atom. The second-order valence-corrected chi connectivity index (χ2v) is 9.10. The van der Waals surface area contributed by atoms with E-state index in [0.717, 1.165) is 6.07 Å². The Labute approximate surface area is 209 Å². The summed E-state index contributed by atoms with van der Waals surface area (Å²) in [5.41, 5.74) is -0.166. The van der Waals surface area contributed by atoms with Crippen LogP contribution in [0.15, 0.2) is 47.0 Å². The van der Waals surface area contributed by atoms with Crippen molar-refractivity contribution in [3.8, 4) is 17.2 Å². The molecule has 1 heterocycles. The second kappa shape index (κ2) is 10.2. The van der Waals surface area contributed by atoms with E-state index in [1.165, 1.54) is 30.5 Å². The minimum absolute atomic E-state index is 0.0146. The Balaban J connectivity index is 1.28. The van der Waals surface area contributed by atoms with E-state index in [1.807, 2.05) is 6.92 Å². The van der Waals surface area contributed by atoms with Crippen molar-refractivity contribution >= 4 is 35.0 Å². The first-order valence-electron chi connectivity index (χ1n) is 10.8. The molecular weight excluding hydrogens is 503 g/mol. The van der Waals surface area contributed by atoms with Crippen LogP contribution in [-0.2, 0) is 4.79 Å². The number of rotatable bonds is 8. The molecule has 3 aromatic rings. The van der Waals surface area contributed by atoms with E-state index in [1.54, 1.807) is 6.07 Å². The third kappa shape index (κ3) is 5.74. The average molecular weight is 524 g/mol. The highest BCUT2D eigenvalue weighted by atomic mass is 35.5. The van der Waals surface area contributed by atoms with E-state index in [-0.39, 0.29) is 46.0 Å². The Morgan fingerprint density at radius 1 is 1.14 bits per heavy atom. The molecule has 1 saturated carbocycles. The molecule has 0 radical (unpaired) electrons. The summed E-state index contributed by atoms with van der Waals surface area (Å²) in [6.45, 7) is 1.65. The van der Waals surface area contributed by atoms with Gasteiger partial charge in [0.15, 0.2) is 6.61 Å². The Bertz CT molecular complexity index is 1260. The molecule has 1 aromatic heterocycles. The van der Waals surface area contributed by atoms with E-state index >= 15 is 0 Å². The molecule has 2 aromatic carbocycles. The van der Waals surface area contributed by atoms with Gasteiger partial charge >= 0.3 is 0 Å². The predicted octanol–water partition coefficient (Wildman–Crippen LogP) is 5.16. The van der Waals surface area contributed by atoms with Crippen molar-refractivity contribution in [2.45, 2.75) is 37.8 Å². The van der Waals surface area contributed by atoms with Gasteiger partial charge in [-0.3, -0.25) is 9.59 Å². The zero-order chi connectivity index (χ0) is 25.2. The summed E-state index contributed by atoms with van der Waals surface area (Å²) in [4.78, 5) is 29.0. The van der Waals surface area contributed by atoms with Crippen LogP contribution in [0.2, 0.25) is 10.0 Å². The van der Waals surface area contributed by atoms with E-state index in [0.29, 0.717) is 24.8 Å². The van der Waals surface area contributed by atoms with Crippen molar-refractivity contribution in [2.24, 2.45) is 0 Å². The number of nitrogens with zero attached hydrogens (tertiary/aromatic N) is 1. The van der Waals surface area contributed by atoms with Gasteiger partial charge in [-0.15, -0.1) is 0 Å². The summed E-state index contributed by atoms with van der Waals surface area (Å²) < 4.78 is 38.0. The van der Waals surface area contributed by atoms with Crippen LogP contribution < -0.4 is 15.4 Å². The molecule has 7 nitrogen and oxygen atoms in total. The second-order valence-electron chi connectivity index (χ2n) is 8.28. The molecule has 1 aliphatic carbocycles. The Hall–Kier alpha value is -3.17. The van der Waals surface area contributed by atoms with Gasteiger partial charge in [-0.05, 0) is 49.6 Å². The highest BCUT2D eigenvalue weighted by Crippen LogP contribution is 2.36. The highest BCUT2D eigenvalue weighted by molar-refractivity contribution is 6.31. The van der Waals surface area contributed by atoms with Crippen molar-refractivity contribution in [1.82, 2.24) is 15.6 Å². The van der Waals surface area contributed by atoms with Crippen LogP contribution in [0.5, 0.6) is 5.75 Å². The van der Waals surface area contributed by atoms with Crippen molar-refractivity contribution in [3.05, 3.63) is 70.0 Å². The first-order valence-corrected chi connectivity index (χ1v) is 11.5. The maximum atomic E-state index is 13.7. The molecule has 0 bridgehead atoms. The van der Waals surface area contributed by atoms with Gasteiger partial charge in [0.2, 0.25) is 11.7 Å². The molecule has 11 heteroatoms. The Kier molecular flexibility index (Phi) is 7.28. The molecule has 0 unspecified atom stereocenters. The lowest BCUT2D eigenvalue weighted by molar-refractivity contribution is -0.124. The molecule has 2 amide bonds. The topological polar surface area (TPSA) is 93.5 Å². The molecule has 1 fully saturated rings. The fraction of sp³-hybridized carbons (Fsp3) is 0.292. The lowest BCUT2D eigenvalue weighted by atomic mass is 9.70. The average Bonchev–Trinajstić information content (AvgIpc) is 3.30. The molecule has 0 spiro atoms. The lowest BCUT2D eigenvalue weighted by Crippen LogP contribution is -2.63. The molecule has 0 saturated heterocycles. The molecule has 2 N–H and O–H groups in total. The molecule has 4 rings (SSSR count). The summed E-state index contributed by atoms with van der Waals surface area (Å²) in [7, 11) is 0. The number of benzene rings is 2. The first kappa shape index (κ1) is 24.9. The quantitative estimate of drug-likeness (QED) is 0.425. The predicted molar refractivity (Wildman–Crippen MR) is 125 cm³/mol. The number of aromatic nitrogens is 1. The summed E-state index contributed by atoms with van der Waals surface area (Å²) in [5.74, 6) is -1.80. The van der Waals surface area contributed by atoms with E-state index in [9.17, 15) is 18.4 Å². The van der Waals surface area contributed by atoms with Crippen LogP contribution in [0.1, 0.15) is 36.7 Å². The number of carbonyl (C=O) groups excluding carboxylic acids is 2. The van der Waals surface area contributed by atoms with Crippen LogP contribution in [0, 0.1) is 11.6 Å². The van der Waals surface area contributed by atoms with Crippen molar-refractivity contribution < 1.29 is 27.5 Å². The number of oxazole rings is 1. The minimum Gasteiger partial charge on any atom is -0.484 e. The number of hydrogen-bond donors (Lipinski definition) is 2. The lowest BCUT2D eigenvalue weighted by Gasteiger charge is -2.47. The van der Waals surface area contributed by atoms with Gasteiger partial charge in [0.1, 0.15) is 17.4 Å². The molecule has 0 aliphatic heterocycles. The van der Waals surface area contributed by atoms with Gasteiger partial charge in [0, 0.05) is 23.2 Å². The first-order chi connectivity index (χ1) is 16.7. The largest absolute Gasteiger partial charge is 0.484 e. The van der Waals surface area contributed by atoms with Crippen LogP contribution >= 0.6 is 23.2 Å². The smallest absolute Gasteiger partial charge is 0.289 e. The molecule has 0 atom stereocenters. The Morgan fingerprint density at radius 3 is 2.49 bits per heavy atom. The zero-order valence-electron chi connectivity index (χ0n) is 18.5. The van der Waals surface area contributed by atoms with Crippen molar-refractivity contribution in [3.63, 3.8) is 0 Å². The summed E-state index contributed by atoms with van der Waals surface area (Å²) >= 11 is 11.3.